The molecular weight excluding hydrogens is 648 g/mol. The summed E-state index contributed by atoms with van der Waals surface area (Å²) in [5.41, 5.74) is 3.05. The summed E-state index contributed by atoms with van der Waals surface area (Å²) in [7, 11) is 1.67. The summed E-state index contributed by atoms with van der Waals surface area (Å²) < 4.78 is 55.7. The van der Waals surface area contributed by atoms with Crippen molar-refractivity contribution in [2.24, 2.45) is 0 Å². The number of ether oxygens (including phenoxy) is 3. The van der Waals surface area contributed by atoms with Gasteiger partial charge < -0.3 is 19.1 Å². The van der Waals surface area contributed by atoms with Gasteiger partial charge in [0.25, 0.3) is 0 Å². The first-order valence-electron chi connectivity index (χ1n) is 15.5. The second-order valence-corrected chi connectivity index (χ2v) is 13.1. The van der Waals surface area contributed by atoms with Gasteiger partial charge in [0.15, 0.2) is 6.61 Å². The van der Waals surface area contributed by atoms with Crippen molar-refractivity contribution in [1.82, 2.24) is 9.88 Å². The summed E-state index contributed by atoms with van der Waals surface area (Å²) in [6.45, 7) is 8.03. The van der Waals surface area contributed by atoms with E-state index in [1.54, 1.807) is 25.8 Å². The predicted molar refractivity (Wildman–Crippen MR) is 181 cm³/mol. The van der Waals surface area contributed by atoms with Crippen molar-refractivity contribution >= 4 is 34.8 Å². The van der Waals surface area contributed by atoms with Gasteiger partial charge in [-0.3, -0.25) is 4.90 Å². The largest absolute Gasteiger partial charge is 0.497 e. The monoisotopic (exact) mass is 685 g/mol. The van der Waals surface area contributed by atoms with Crippen molar-refractivity contribution in [1.29, 1.82) is 0 Å². The standard InChI is InChI=1S/C35H38F3N3O4S2/c1-4-24-19-29(13-14-31(24)45-22-33(42)44-5-2)46-23-32-30(39-34(47-32)25-9-11-26(12-10-25)35(36,37)38)21-40-15-17-41(18-16-40)27-7-6-8-28(20-27)43-3/h6-14,19-20H,4-5,15-18,21-23H2,1-3H3. The van der Waals surface area contributed by atoms with E-state index >= 15 is 0 Å². The molecule has 0 bridgehead atoms. The first kappa shape index (κ1) is 34.6. The van der Waals surface area contributed by atoms with Crippen LogP contribution in [-0.2, 0) is 34.4 Å². The van der Waals surface area contributed by atoms with Crippen LogP contribution in [0, 0.1) is 0 Å². The highest BCUT2D eigenvalue weighted by molar-refractivity contribution is 7.98. The topological polar surface area (TPSA) is 64.1 Å². The molecule has 0 N–H and O–H groups in total. The number of rotatable bonds is 13. The Morgan fingerprint density at radius 1 is 1.00 bits per heavy atom. The third-order valence-electron chi connectivity index (χ3n) is 7.84. The van der Waals surface area contributed by atoms with Gasteiger partial charge >= 0.3 is 12.1 Å². The van der Waals surface area contributed by atoms with Crippen molar-refractivity contribution in [3.8, 4) is 22.1 Å². The smallest absolute Gasteiger partial charge is 0.416 e. The van der Waals surface area contributed by atoms with Crippen LogP contribution in [0.2, 0.25) is 0 Å². The highest BCUT2D eigenvalue weighted by Gasteiger charge is 2.30. The highest BCUT2D eigenvalue weighted by Crippen LogP contribution is 2.37. The van der Waals surface area contributed by atoms with Crippen LogP contribution in [0.1, 0.15) is 35.5 Å². The van der Waals surface area contributed by atoms with Gasteiger partial charge in [-0.25, -0.2) is 9.78 Å². The molecule has 0 atom stereocenters. The van der Waals surface area contributed by atoms with E-state index in [0.29, 0.717) is 35.2 Å². The van der Waals surface area contributed by atoms with Gasteiger partial charge in [-0.15, -0.1) is 23.1 Å². The Morgan fingerprint density at radius 3 is 2.45 bits per heavy atom. The average molecular weight is 686 g/mol. The molecule has 47 heavy (non-hydrogen) atoms. The summed E-state index contributed by atoms with van der Waals surface area (Å²) in [5, 5.41) is 0.705. The Bertz CT molecular complexity index is 1640. The van der Waals surface area contributed by atoms with Gasteiger partial charge in [-0.1, -0.05) is 25.1 Å². The van der Waals surface area contributed by atoms with Crippen LogP contribution < -0.4 is 14.4 Å². The third-order valence-corrected chi connectivity index (χ3v) is 10.2. The van der Waals surface area contributed by atoms with E-state index in [1.165, 1.54) is 23.5 Å². The third kappa shape index (κ3) is 9.21. The quantitative estimate of drug-likeness (QED) is 0.104. The van der Waals surface area contributed by atoms with Gasteiger partial charge in [0.1, 0.15) is 16.5 Å². The van der Waals surface area contributed by atoms with Crippen LogP contribution in [0.15, 0.2) is 71.6 Å². The van der Waals surface area contributed by atoms with Gasteiger partial charge in [-0.2, -0.15) is 13.2 Å². The molecule has 1 aliphatic rings. The van der Waals surface area contributed by atoms with Gasteiger partial charge in [0.05, 0.1) is 25.0 Å². The molecule has 12 heteroatoms. The van der Waals surface area contributed by atoms with Gasteiger partial charge in [0, 0.05) is 65.6 Å². The molecule has 3 aromatic carbocycles. The fourth-order valence-corrected chi connectivity index (χ4v) is 7.42. The molecular formula is C35H38F3N3O4S2. The molecule has 0 saturated carbocycles. The molecule has 0 unspecified atom stereocenters. The number of aryl methyl sites for hydroxylation is 1. The minimum atomic E-state index is -4.39. The Kier molecular flexibility index (Phi) is 11.7. The molecule has 1 saturated heterocycles. The van der Waals surface area contributed by atoms with E-state index < -0.39 is 17.7 Å². The maximum atomic E-state index is 13.2. The number of esters is 1. The van der Waals surface area contributed by atoms with E-state index in [-0.39, 0.29) is 6.61 Å². The maximum Gasteiger partial charge on any atom is 0.416 e. The van der Waals surface area contributed by atoms with Crippen LogP contribution in [0.5, 0.6) is 11.5 Å². The summed E-state index contributed by atoms with van der Waals surface area (Å²) >= 11 is 3.20. The first-order chi connectivity index (χ1) is 22.7. The number of carbonyl (C=O) groups is 1. The van der Waals surface area contributed by atoms with Crippen molar-refractivity contribution in [2.45, 2.75) is 43.6 Å². The predicted octanol–water partition coefficient (Wildman–Crippen LogP) is 7.96. The van der Waals surface area contributed by atoms with Crippen LogP contribution in [0.3, 0.4) is 0 Å². The number of benzene rings is 3. The summed E-state index contributed by atoms with van der Waals surface area (Å²) in [5.74, 6) is 1.73. The number of anilines is 1. The Labute approximate surface area is 281 Å². The molecule has 0 spiro atoms. The molecule has 2 heterocycles. The lowest BCUT2D eigenvalue weighted by molar-refractivity contribution is -0.145. The van der Waals surface area contributed by atoms with Crippen LogP contribution in [0.4, 0.5) is 18.9 Å². The highest BCUT2D eigenvalue weighted by atomic mass is 32.2. The number of alkyl halides is 3. The lowest BCUT2D eigenvalue weighted by atomic mass is 10.1. The molecule has 7 nitrogen and oxygen atoms in total. The molecule has 0 amide bonds. The number of carbonyl (C=O) groups excluding carboxylic acids is 1. The fraction of sp³-hybridized carbons (Fsp3) is 0.371. The summed E-state index contributed by atoms with van der Waals surface area (Å²) in [6.07, 6.45) is -3.66. The zero-order valence-corrected chi connectivity index (χ0v) is 28.3. The average Bonchev–Trinajstić information content (AvgIpc) is 3.49. The zero-order valence-electron chi connectivity index (χ0n) is 26.6. The van der Waals surface area contributed by atoms with E-state index in [0.717, 1.165) is 77.2 Å². The molecule has 250 valence electrons. The van der Waals surface area contributed by atoms with E-state index in [1.807, 2.05) is 37.3 Å². The lowest BCUT2D eigenvalue weighted by Gasteiger charge is -2.36. The number of thioether (sulfide) groups is 1. The van der Waals surface area contributed by atoms with Crippen molar-refractivity contribution in [3.05, 3.63) is 88.4 Å². The summed E-state index contributed by atoms with van der Waals surface area (Å²) in [4.78, 5) is 23.6. The zero-order chi connectivity index (χ0) is 33.4. The molecule has 1 fully saturated rings. The van der Waals surface area contributed by atoms with Crippen molar-refractivity contribution in [2.75, 3.05) is 51.4 Å². The van der Waals surface area contributed by atoms with Crippen molar-refractivity contribution < 1.29 is 32.2 Å². The van der Waals surface area contributed by atoms with Gasteiger partial charge in [-0.05, 0) is 61.4 Å². The number of methoxy groups -OCH3 is 1. The molecule has 1 aromatic heterocycles. The fourth-order valence-electron chi connectivity index (χ4n) is 5.28. The Balaban J connectivity index is 1.31. The molecule has 4 aromatic rings. The second kappa shape index (κ2) is 15.9. The Morgan fingerprint density at radius 2 is 1.77 bits per heavy atom. The van der Waals surface area contributed by atoms with E-state index in [9.17, 15) is 18.0 Å². The van der Waals surface area contributed by atoms with Crippen LogP contribution in [-0.4, -0.2) is 62.4 Å². The van der Waals surface area contributed by atoms with Crippen molar-refractivity contribution in [3.63, 3.8) is 0 Å². The Hall–Kier alpha value is -3.74. The number of nitrogens with zero attached hydrogens (tertiary/aromatic N) is 3. The summed E-state index contributed by atoms with van der Waals surface area (Å²) in [6, 6.07) is 19.2. The number of thiazole rings is 1. The van der Waals surface area contributed by atoms with Crippen LogP contribution >= 0.6 is 23.1 Å². The number of aromatic nitrogens is 1. The first-order valence-corrected chi connectivity index (χ1v) is 17.3. The number of halogens is 3. The minimum Gasteiger partial charge on any atom is -0.497 e. The molecule has 1 aliphatic heterocycles. The second-order valence-electron chi connectivity index (χ2n) is 10.9. The maximum absolute atomic E-state index is 13.2. The number of piperazine rings is 1. The molecule has 0 radical (unpaired) electrons. The van der Waals surface area contributed by atoms with Gasteiger partial charge in [0.2, 0.25) is 0 Å². The SMILES string of the molecule is CCOC(=O)COc1ccc(SCc2sc(-c3ccc(C(F)(F)F)cc3)nc2CN2CCN(c3cccc(OC)c3)CC2)cc1CC. The van der Waals surface area contributed by atoms with Crippen LogP contribution in [0.25, 0.3) is 10.6 Å². The lowest BCUT2D eigenvalue weighted by Crippen LogP contribution is -2.46. The minimum absolute atomic E-state index is 0.141. The number of hydrogen-bond donors (Lipinski definition) is 0. The molecule has 0 aliphatic carbocycles. The number of hydrogen-bond acceptors (Lipinski definition) is 9. The van der Waals surface area contributed by atoms with E-state index in [2.05, 4.69) is 21.9 Å². The van der Waals surface area contributed by atoms with E-state index in [4.69, 9.17) is 19.2 Å². The normalized spacial score (nSPS) is 13.9. The molecule has 5 rings (SSSR count).